The lowest BCUT2D eigenvalue weighted by Gasteiger charge is -2.12. The molecule has 0 radical (unpaired) electrons. The fourth-order valence-electron chi connectivity index (χ4n) is 2.76. The molecule has 3 aromatic rings. The summed E-state index contributed by atoms with van der Waals surface area (Å²) >= 11 is 0. The van der Waals surface area contributed by atoms with E-state index < -0.39 is 0 Å². The average molecular weight is 359 g/mol. The Bertz CT molecular complexity index is 935. The molecule has 4 nitrogen and oxygen atoms in total. The molecule has 0 aromatic heterocycles. The van der Waals surface area contributed by atoms with E-state index in [9.17, 15) is 9.59 Å². The van der Waals surface area contributed by atoms with Crippen LogP contribution in [0.5, 0.6) is 5.75 Å². The summed E-state index contributed by atoms with van der Waals surface area (Å²) < 4.78 is 5.74. The van der Waals surface area contributed by atoms with E-state index in [-0.39, 0.29) is 18.3 Å². The van der Waals surface area contributed by atoms with Gasteiger partial charge < -0.3 is 10.1 Å². The van der Waals surface area contributed by atoms with Gasteiger partial charge in [-0.1, -0.05) is 60.7 Å². The monoisotopic (exact) mass is 359 g/mol. The number of anilines is 1. The SMILES string of the molecule is CC(=O)c1cccc(NC(=O)COc2ccccc2Cc2ccccc2)c1. The first-order chi connectivity index (χ1) is 13.1. The van der Waals surface area contributed by atoms with Crippen LogP contribution in [0.15, 0.2) is 78.9 Å². The Morgan fingerprint density at radius 3 is 2.41 bits per heavy atom. The van der Waals surface area contributed by atoms with Crippen LogP contribution in [0.4, 0.5) is 5.69 Å². The predicted octanol–water partition coefficient (Wildman–Crippen LogP) is 4.50. The predicted molar refractivity (Wildman–Crippen MR) is 106 cm³/mol. The van der Waals surface area contributed by atoms with E-state index in [0.717, 1.165) is 12.0 Å². The lowest BCUT2D eigenvalue weighted by atomic mass is 10.0. The molecule has 3 aromatic carbocycles. The van der Waals surface area contributed by atoms with E-state index >= 15 is 0 Å². The number of rotatable bonds is 7. The number of hydrogen-bond donors (Lipinski definition) is 1. The van der Waals surface area contributed by atoms with Gasteiger partial charge in [-0.15, -0.1) is 0 Å². The van der Waals surface area contributed by atoms with E-state index in [4.69, 9.17) is 4.74 Å². The number of nitrogens with one attached hydrogen (secondary N) is 1. The summed E-state index contributed by atoms with van der Waals surface area (Å²) in [5.41, 5.74) is 3.34. The van der Waals surface area contributed by atoms with Crippen molar-refractivity contribution < 1.29 is 14.3 Å². The Morgan fingerprint density at radius 2 is 1.63 bits per heavy atom. The summed E-state index contributed by atoms with van der Waals surface area (Å²) in [6, 6.07) is 24.7. The number of carbonyl (C=O) groups excluding carboxylic acids is 2. The molecule has 4 heteroatoms. The molecule has 1 amide bonds. The second-order valence-electron chi connectivity index (χ2n) is 6.24. The zero-order valence-corrected chi connectivity index (χ0v) is 15.1. The second-order valence-corrected chi connectivity index (χ2v) is 6.24. The molecule has 1 N–H and O–H groups in total. The molecule has 0 aliphatic heterocycles. The minimum absolute atomic E-state index is 0.0443. The number of Topliss-reactive ketones (excluding diaryl/α,β-unsaturated/α-hetero) is 1. The maximum atomic E-state index is 12.2. The maximum absolute atomic E-state index is 12.2. The summed E-state index contributed by atoms with van der Waals surface area (Å²) in [6.07, 6.45) is 0.735. The number of carbonyl (C=O) groups is 2. The highest BCUT2D eigenvalue weighted by Gasteiger charge is 2.09. The van der Waals surface area contributed by atoms with Gasteiger partial charge in [0, 0.05) is 17.7 Å². The first-order valence-corrected chi connectivity index (χ1v) is 8.77. The number of para-hydroxylation sites is 1. The Labute approximate surface area is 158 Å². The third-order valence-electron chi connectivity index (χ3n) is 4.12. The molecule has 0 aliphatic rings. The third-order valence-corrected chi connectivity index (χ3v) is 4.12. The maximum Gasteiger partial charge on any atom is 0.262 e. The van der Waals surface area contributed by atoms with E-state index in [2.05, 4.69) is 17.4 Å². The summed E-state index contributed by atoms with van der Waals surface area (Å²) in [7, 11) is 0. The van der Waals surface area contributed by atoms with Gasteiger partial charge in [0.05, 0.1) is 0 Å². The molecule has 136 valence electrons. The third kappa shape index (κ3) is 5.28. The molecule has 0 atom stereocenters. The van der Waals surface area contributed by atoms with E-state index in [1.54, 1.807) is 24.3 Å². The average Bonchev–Trinajstić information content (AvgIpc) is 2.68. The minimum Gasteiger partial charge on any atom is -0.483 e. The number of hydrogen-bond acceptors (Lipinski definition) is 3. The summed E-state index contributed by atoms with van der Waals surface area (Å²) in [5.74, 6) is 0.372. The largest absolute Gasteiger partial charge is 0.483 e. The van der Waals surface area contributed by atoms with E-state index in [1.807, 2.05) is 42.5 Å². The van der Waals surface area contributed by atoms with Gasteiger partial charge in [-0.05, 0) is 36.2 Å². The van der Waals surface area contributed by atoms with Gasteiger partial charge in [-0.25, -0.2) is 0 Å². The van der Waals surface area contributed by atoms with Gasteiger partial charge in [0.15, 0.2) is 12.4 Å². The van der Waals surface area contributed by atoms with E-state index in [0.29, 0.717) is 17.0 Å². The minimum atomic E-state index is -0.273. The quantitative estimate of drug-likeness (QED) is 0.632. The zero-order valence-electron chi connectivity index (χ0n) is 15.1. The van der Waals surface area contributed by atoms with Crippen LogP contribution in [0.1, 0.15) is 28.4 Å². The Morgan fingerprint density at radius 1 is 0.889 bits per heavy atom. The molecule has 0 unspecified atom stereocenters. The van der Waals surface area contributed by atoms with Crippen LogP contribution in [0, 0.1) is 0 Å². The van der Waals surface area contributed by atoms with Crippen molar-refractivity contribution in [2.75, 3.05) is 11.9 Å². The first-order valence-electron chi connectivity index (χ1n) is 8.77. The fraction of sp³-hybridized carbons (Fsp3) is 0.130. The van der Waals surface area contributed by atoms with Crippen LogP contribution in [0.2, 0.25) is 0 Å². The molecule has 0 saturated heterocycles. The lowest BCUT2D eigenvalue weighted by Crippen LogP contribution is -2.20. The molecular formula is C23H21NO3. The number of benzene rings is 3. The normalized spacial score (nSPS) is 10.3. The van der Waals surface area contributed by atoms with Crippen molar-refractivity contribution in [2.45, 2.75) is 13.3 Å². The van der Waals surface area contributed by atoms with Crippen LogP contribution in [0.3, 0.4) is 0 Å². The molecule has 0 heterocycles. The first kappa shape index (κ1) is 18.4. The zero-order chi connectivity index (χ0) is 19.1. The van der Waals surface area contributed by atoms with Crippen molar-refractivity contribution in [3.8, 4) is 5.75 Å². The Hall–Kier alpha value is -3.40. The van der Waals surface area contributed by atoms with Crippen molar-refractivity contribution in [3.05, 3.63) is 95.6 Å². The number of ketones is 1. The molecule has 27 heavy (non-hydrogen) atoms. The lowest BCUT2D eigenvalue weighted by molar-refractivity contribution is -0.118. The van der Waals surface area contributed by atoms with Gasteiger partial charge in [0.1, 0.15) is 5.75 Å². The Kier molecular flexibility index (Phi) is 6.00. The van der Waals surface area contributed by atoms with Crippen molar-refractivity contribution in [2.24, 2.45) is 0 Å². The smallest absolute Gasteiger partial charge is 0.262 e. The molecule has 0 bridgehead atoms. The van der Waals surface area contributed by atoms with Crippen LogP contribution in [-0.4, -0.2) is 18.3 Å². The standard InChI is InChI=1S/C23H21NO3/c1-17(25)19-11-7-12-21(15-19)24-23(26)16-27-22-13-6-5-10-20(22)14-18-8-3-2-4-9-18/h2-13,15H,14,16H2,1H3,(H,24,26). The molecule has 3 rings (SSSR count). The summed E-state index contributed by atoms with van der Waals surface area (Å²) in [6.45, 7) is 1.39. The second kappa shape index (κ2) is 8.81. The van der Waals surface area contributed by atoms with Crippen LogP contribution in [0.25, 0.3) is 0 Å². The van der Waals surface area contributed by atoms with Crippen LogP contribution >= 0.6 is 0 Å². The van der Waals surface area contributed by atoms with Gasteiger partial charge in [0.2, 0.25) is 0 Å². The number of ether oxygens (including phenoxy) is 1. The topological polar surface area (TPSA) is 55.4 Å². The van der Waals surface area contributed by atoms with Crippen LogP contribution < -0.4 is 10.1 Å². The van der Waals surface area contributed by atoms with Gasteiger partial charge in [-0.2, -0.15) is 0 Å². The highest BCUT2D eigenvalue weighted by Crippen LogP contribution is 2.21. The molecule has 0 aliphatic carbocycles. The Balaban J connectivity index is 1.62. The van der Waals surface area contributed by atoms with Crippen molar-refractivity contribution >= 4 is 17.4 Å². The van der Waals surface area contributed by atoms with E-state index in [1.165, 1.54) is 12.5 Å². The fourth-order valence-corrected chi connectivity index (χ4v) is 2.76. The number of amides is 1. The summed E-state index contributed by atoms with van der Waals surface area (Å²) in [4.78, 5) is 23.7. The molecule has 0 fully saturated rings. The van der Waals surface area contributed by atoms with Crippen LogP contribution in [-0.2, 0) is 11.2 Å². The molecular weight excluding hydrogens is 338 g/mol. The van der Waals surface area contributed by atoms with Crippen molar-refractivity contribution in [3.63, 3.8) is 0 Å². The highest BCUT2D eigenvalue weighted by atomic mass is 16.5. The summed E-state index contributed by atoms with van der Waals surface area (Å²) in [5, 5.41) is 2.76. The van der Waals surface area contributed by atoms with Gasteiger partial charge in [0.25, 0.3) is 5.91 Å². The van der Waals surface area contributed by atoms with Crippen molar-refractivity contribution in [1.29, 1.82) is 0 Å². The van der Waals surface area contributed by atoms with Crippen molar-refractivity contribution in [1.82, 2.24) is 0 Å². The highest BCUT2D eigenvalue weighted by molar-refractivity contribution is 5.97. The van der Waals surface area contributed by atoms with Gasteiger partial charge in [-0.3, -0.25) is 9.59 Å². The molecule has 0 spiro atoms. The van der Waals surface area contributed by atoms with Gasteiger partial charge >= 0.3 is 0 Å². The molecule has 0 saturated carbocycles.